The molecule has 0 saturated heterocycles. The number of hydrogen-bond donors (Lipinski definition) is 3. The summed E-state index contributed by atoms with van der Waals surface area (Å²) < 4.78 is 5.91. The molecule has 0 spiro atoms. The first-order valence-corrected chi connectivity index (χ1v) is 26.2. The number of amides is 1. The highest BCUT2D eigenvalue weighted by atomic mass is 16.5. The molecule has 3 unspecified atom stereocenters. The van der Waals surface area contributed by atoms with Crippen molar-refractivity contribution in [1.29, 1.82) is 0 Å². The van der Waals surface area contributed by atoms with E-state index in [0.29, 0.717) is 19.3 Å². The van der Waals surface area contributed by atoms with E-state index < -0.39 is 18.2 Å². The van der Waals surface area contributed by atoms with Crippen LogP contribution in [-0.2, 0) is 14.3 Å². The molecule has 0 heterocycles. The van der Waals surface area contributed by atoms with Gasteiger partial charge in [0.1, 0.15) is 6.10 Å². The van der Waals surface area contributed by atoms with Gasteiger partial charge < -0.3 is 20.3 Å². The van der Waals surface area contributed by atoms with Gasteiger partial charge >= 0.3 is 5.97 Å². The minimum absolute atomic E-state index is 0.0536. The van der Waals surface area contributed by atoms with Crippen LogP contribution in [0.3, 0.4) is 0 Å². The molecule has 0 aromatic heterocycles. The average Bonchev–Trinajstić information content (AvgIpc) is 3.26. The normalized spacial score (nSPS) is 13.8. The Labute approximate surface area is 383 Å². The molecule has 358 valence electrons. The summed E-state index contributed by atoms with van der Waals surface area (Å²) in [6.07, 6.45) is 62.4. The van der Waals surface area contributed by atoms with Crippen molar-refractivity contribution in [2.45, 2.75) is 264 Å². The van der Waals surface area contributed by atoms with E-state index in [9.17, 15) is 19.8 Å². The topological polar surface area (TPSA) is 95.9 Å². The lowest BCUT2D eigenvalue weighted by atomic mass is 10.0. The predicted molar refractivity (Wildman–Crippen MR) is 268 cm³/mol. The third-order valence-electron chi connectivity index (χ3n) is 11.6. The fourth-order valence-electron chi connectivity index (χ4n) is 7.63. The number of aliphatic hydroxyl groups excluding tert-OH is 2. The van der Waals surface area contributed by atoms with Crippen LogP contribution in [0.4, 0.5) is 0 Å². The van der Waals surface area contributed by atoms with E-state index in [0.717, 1.165) is 96.3 Å². The standard InChI is InChI=1S/C56H99NO5/c1-4-7-10-13-16-19-22-24-26-27-28-30-32-34-37-40-43-46-49-56(61)62-52(47-44-41-38-35-21-18-15-12-9-6-3)50-55(60)57-53(51-58)54(59)48-45-42-39-36-33-31-29-25-23-20-17-14-11-8-5-2/h10,13,16,18-19,21-22,24,26-28,30,52-54,58-59H,4-9,11-12,14-15,17,20,23,25,29,31-51H2,1-3H3,(H,57,60)/b13-10+,19-16+,21-18-,24-22+,27-26+,30-28+. The van der Waals surface area contributed by atoms with Gasteiger partial charge in [-0.15, -0.1) is 0 Å². The second-order valence-electron chi connectivity index (χ2n) is 17.7. The summed E-state index contributed by atoms with van der Waals surface area (Å²) in [5, 5.41) is 23.8. The quantitative estimate of drug-likeness (QED) is 0.0245. The summed E-state index contributed by atoms with van der Waals surface area (Å²) in [6, 6.07) is -0.714. The molecule has 3 N–H and O–H groups in total. The number of carbonyl (C=O) groups is 2. The molecule has 0 rings (SSSR count). The van der Waals surface area contributed by atoms with Crippen LogP contribution in [-0.4, -0.2) is 46.9 Å². The molecule has 0 aliphatic carbocycles. The predicted octanol–water partition coefficient (Wildman–Crippen LogP) is 15.8. The summed E-state index contributed by atoms with van der Waals surface area (Å²) in [5.74, 6) is -0.520. The van der Waals surface area contributed by atoms with Crippen molar-refractivity contribution in [3.8, 4) is 0 Å². The Kier molecular flexibility index (Phi) is 47.2. The molecule has 0 aliphatic heterocycles. The lowest BCUT2D eigenvalue weighted by Gasteiger charge is -2.24. The molecule has 1 amide bonds. The van der Waals surface area contributed by atoms with Crippen LogP contribution >= 0.6 is 0 Å². The summed E-state index contributed by atoms with van der Waals surface area (Å²) in [7, 11) is 0. The molecule has 0 aromatic carbocycles. The Morgan fingerprint density at radius 3 is 1.40 bits per heavy atom. The Morgan fingerprint density at radius 2 is 0.871 bits per heavy atom. The van der Waals surface area contributed by atoms with Crippen molar-refractivity contribution >= 4 is 11.9 Å². The number of esters is 1. The van der Waals surface area contributed by atoms with E-state index >= 15 is 0 Å². The zero-order valence-electron chi connectivity index (χ0n) is 40.7. The number of allylic oxidation sites excluding steroid dienone is 12. The maximum atomic E-state index is 13.2. The Balaban J connectivity index is 4.55. The average molecular weight is 866 g/mol. The smallest absolute Gasteiger partial charge is 0.306 e. The monoisotopic (exact) mass is 866 g/mol. The molecule has 6 nitrogen and oxygen atoms in total. The number of unbranched alkanes of at least 4 members (excludes halogenated alkanes) is 26. The number of rotatable bonds is 46. The van der Waals surface area contributed by atoms with Crippen LogP contribution in [0.1, 0.15) is 245 Å². The zero-order valence-corrected chi connectivity index (χ0v) is 40.7. The number of nitrogens with one attached hydrogen (secondary N) is 1. The van der Waals surface area contributed by atoms with Gasteiger partial charge in [0.2, 0.25) is 5.91 Å². The third kappa shape index (κ3) is 43.9. The minimum atomic E-state index is -0.798. The van der Waals surface area contributed by atoms with Gasteiger partial charge in [0.15, 0.2) is 0 Å². The van der Waals surface area contributed by atoms with Crippen molar-refractivity contribution in [2.75, 3.05) is 6.61 Å². The number of hydrogen-bond acceptors (Lipinski definition) is 5. The van der Waals surface area contributed by atoms with Gasteiger partial charge in [0.05, 0.1) is 25.2 Å². The fourth-order valence-corrected chi connectivity index (χ4v) is 7.63. The van der Waals surface area contributed by atoms with Gasteiger partial charge in [0.25, 0.3) is 0 Å². The Bertz CT molecular complexity index is 1150. The molecular weight excluding hydrogens is 767 g/mol. The van der Waals surface area contributed by atoms with E-state index in [1.165, 1.54) is 103 Å². The second kappa shape index (κ2) is 49.3. The van der Waals surface area contributed by atoms with Gasteiger partial charge in [0, 0.05) is 6.42 Å². The Morgan fingerprint density at radius 1 is 0.468 bits per heavy atom. The first-order chi connectivity index (χ1) is 30.5. The highest BCUT2D eigenvalue weighted by Crippen LogP contribution is 2.17. The second-order valence-corrected chi connectivity index (χ2v) is 17.7. The molecule has 62 heavy (non-hydrogen) atoms. The SMILES string of the molecule is CCC/C=C/C=C/C=C/C=C/C=C/CCCCCCCC(=O)OC(CCCCC/C=C\CCCCC)CC(=O)NC(CO)C(O)CCCCCCCCCCCCCCCCC. The number of aliphatic hydroxyl groups is 2. The van der Waals surface area contributed by atoms with Crippen molar-refractivity contribution < 1.29 is 24.5 Å². The van der Waals surface area contributed by atoms with E-state index in [1.54, 1.807) is 0 Å². The molecule has 0 aromatic rings. The first-order valence-electron chi connectivity index (χ1n) is 26.2. The molecule has 0 fully saturated rings. The van der Waals surface area contributed by atoms with Crippen LogP contribution in [0.5, 0.6) is 0 Å². The van der Waals surface area contributed by atoms with E-state index in [2.05, 4.69) is 74.7 Å². The lowest BCUT2D eigenvalue weighted by Crippen LogP contribution is -2.46. The van der Waals surface area contributed by atoms with Gasteiger partial charge in [-0.2, -0.15) is 0 Å². The molecule has 3 atom stereocenters. The van der Waals surface area contributed by atoms with Crippen molar-refractivity contribution in [2.24, 2.45) is 0 Å². The van der Waals surface area contributed by atoms with Crippen LogP contribution in [0.15, 0.2) is 72.9 Å². The van der Waals surface area contributed by atoms with Crippen molar-refractivity contribution in [3.63, 3.8) is 0 Å². The van der Waals surface area contributed by atoms with E-state index in [-0.39, 0.29) is 24.9 Å². The minimum Gasteiger partial charge on any atom is -0.462 e. The summed E-state index contributed by atoms with van der Waals surface area (Å²) in [6.45, 7) is 6.36. The van der Waals surface area contributed by atoms with Crippen LogP contribution in [0.2, 0.25) is 0 Å². The van der Waals surface area contributed by atoms with E-state index in [1.807, 2.05) is 24.3 Å². The van der Waals surface area contributed by atoms with Crippen LogP contribution < -0.4 is 5.32 Å². The molecule has 0 radical (unpaired) electrons. The fraction of sp³-hybridized carbons (Fsp3) is 0.750. The highest BCUT2D eigenvalue weighted by molar-refractivity contribution is 5.77. The van der Waals surface area contributed by atoms with Gasteiger partial charge in [-0.3, -0.25) is 9.59 Å². The van der Waals surface area contributed by atoms with Crippen LogP contribution in [0.25, 0.3) is 0 Å². The van der Waals surface area contributed by atoms with Gasteiger partial charge in [-0.05, 0) is 70.6 Å². The Hall–Kier alpha value is -2.70. The van der Waals surface area contributed by atoms with Gasteiger partial charge in [-0.1, -0.05) is 235 Å². The third-order valence-corrected chi connectivity index (χ3v) is 11.6. The lowest BCUT2D eigenvalue weighted by molar-refractivity contribution is -0.151. The van der Waals surface area contributed by atoms with Crippen LogP contribution in [0, 0.1) is 0 Å². The summed E-state index contributed by atoms with van der Waals surface area (Å²) in [4.78, 5) is 26.1. The van der Waals surface area contributed by atoms with Crippen molar-refractivity contribution in [3.05, 3.63) is 72.9 Å². The molecule has 0 aliphatic rings. The zero-order chi connectivity index (χ0) is 45.2. The van der Waals surface area contributed by atoms with Gasteiger partial charge in [-0.25, -0.2) is 0 Å². The molecule has 6 heteroatoms. The molecular formula is C56H99NO5. The largest absolute Gasteiger partial charge is 0.462 e. The maximum absolute atomic E-state index is 13.2. The van der Waals surface area contributed by atoms with E-state index in [4.69, 9.17) is 4.74 Å². The summed E-state index contributed by atoms with van der Waals surface area (Å²) in [5.41, 5.74) is 0. The maximum Gasteiger partial charge on any atom is 0.306 e. The molecule has 0 bridgehead atoms. The first kappa shape index (κ1) is 59.3. The number of carbonyl (C=O) groups excluding carboxylic acids is 2. The highest BCUT2D eigenvalue weighted by Gasteiger charge is 2.24. The summed E-state index contributed by atoms with van der Waals surface area (Å²) >= 11 is 0. The number of ether oxygens (including phenoxy) is 1. The molecule has 0 saturated carbocycles. The van der Waals surface area contributed by atoms with Crippen molar-refractivity contribution in [1.82, 2.24) is 5.32 Å².